The van der Waals surface area contributed by atoms with Gasteiger partial charge in [0.25, 0.3) is 0 Å². The van der Waals surface area contributed by atoms with Crippen molar-refractivity contribution >= 4 is 27.7 Å². The van der Waals surface area contributed by atoms with Crippen LogP contribution in [-0.4, -0.2) is 28.8 Å². The normalized spacial score (nSPS) is 18.4. The molecule has 0 atom stereocenters. The monoisotopic (exact) mass is 328 g/mol. The van der Waals surface area contributed by atoms with Crippen LogP contribution in [0.2, 0.25) is 0 Å². The standard InChI is InChI=1S/C13H14BrFN2O2/c1-13(2)12(19)17(7-11(18)16-13)6-8-3-4-9(14)5-10(8)15/h3-5H,6-7H2,1-2H3,(H,16,18). The average Bonchev–Trinajstić information content (AvgIpc) is 2.28. The quantitative estimate of drug-likeness (QED) is 0.900. The van der Waals surface area contributed by atoms with Crippen molar-refractivity contribution in [2.75, 3.05) is 6.54 Å². The van der Waals surface area contributed by atoms with Crippen LogP contribution in [0.25, 0.3) is 0 Å². The first-order valence-electron chi connectivity index (χ1n) is 5.84. The van der Waals surface area contributed by atoms with Crippen molar-refractivity contribution in [1.29, 1.82) is 0 Å². The minimum atomic E-state index is -0.943. The lowest BCUT2D eigenvalue weighted by Crippen LogP contribution is -2.63. The van der Waals surface area contributed by atoms with Crippen LogP contribution in [0.4, 0.5) is 4.39 Å². The van der Waals surface area contributed by atoms with E-state index < -0.39 is 11.4 Å². The number of piperazine rings is 1. The molecule has 6 heteroatoms. The Bertz CT molecular complexity index is 545. The van der Waals surface area contributed by atoms with Crippen molar-refractivity contribution in [3.05, 3.63) is 34.1 Å². The molecule has 1 aliphatic rings. The molecule has 1 fully saturated rings. The molecule has 1 aliphatic heterocycles. The Morgan fingerprint density at radius 2 is 2.11 bits per heavy atom. The van der Waals surface area contributed by atoms with Gasteiger partial charge in [0.1, 0.15) is 11.4 Å². The van der Waals surface area contributed by atoms with Crippen LogP contribution in [-0.2, 0) is 16.1 Å². The topological polar surface area (TPSA) is 49.4 Å². The summed E-state index contributed by atoms with van der Waals surface area (Å²) in [5.74, 6) is -0.845. The lowest BCUT2D eigenvalue weighted by atomic mass is 10.00. The summed E-state index contributed by atoms with van der Waals surface area (Å²) in [6, 6.07) is 4.65. The van der Waals surface area contributed by atoms with Gasteiger partial charge in [-0.2, -0.15) is 0 Å². The molecular formula is C13H14BrFN2O2. The molecular weight excluding hydrogens is 315 g/mol. The van der Waals surface area contributed by atoms with Crippen LogP contribution in [0.1, 0.15) is 19.4 Å². The maximum atomic E-state index is 13.8. The van der Waals surface area contributed by atoms with Gasteiger partial charge >= 0.3 is 0 Å². The highest BCUT2D eigenvalue weighted by molar-refractivity contribution is 9.10. The number of nitrogens with one attached hydrogen (secondary N) is 1. The highest BCUT2D eigenvalue weighted by Gasteiger charge is 2.39. The number of halogens is 2. The Morgan fingerprint density at radius 3 is 2.74 bits per heavy atom. The number of carbonyl (C=O) groups excluding carboxylic acids is 2. The largest absolute Gasteiger partial charge is 0.341 e. The second-order valence-electron chi connectivity index (χ2n) is 5.07. The second kappa shape index (κ2) is 4.92. The second-order valence-corrected chi connectivity index (χ2v) is 5.99. The van der Waals surface area contributed by atoms with Crippen molar-refractivity contribution in [2.45, 2.75) is 25.9 Å². The van der Waals surface area contributed by atoms with Crippen LogP contribution in [0.15, 0.2) is 22.7 Å². The third kappa shape index (κ3) is 2.94. The van der Waals surface area contributed by atoms with Crippen molar-refractivity contribution in [1.82, 2.24) is 10.2 Å². The summed E-state index contributed by atoms with van der Waals surface area (Å²) in [4.78, 5) is 25.1. The lowest BCUT2D eigenvalue weighted by Gasteiger charge is -2.37. The number of hydrogen-bond donors (Lipinski definition) is 1. The van der Waals surface area contributed by atoms with E-state index in [2.05, 4.69) is 21.2 Å². The molecule has 0 spiro atoms. The fourth-order valence-electron chi connectivity index (χ4n) is 2.07. The summed E-state index contributed by atoms with van der Waals surface area (Å²) >= 11 is 3.18. The summed E-state index contributed by atoms with van der Waals surface area (Å²) in [6.45, 7) is 3.32. The molecule has 0 aromatic heterocycles. The predicted octanol–water partition coefficient (Wildman–Crippen LogP) is 1.83. The molecule has 0 bridgehead atoms. The predicted molar refractivity (Wildman–Crippen MR) is 71.7 cm³/mol. The van der Waals surface area contributed by atoms with Gasteiger partial charge in [-0.15, -0.1) is 0 Å². The minimum Gasteiger partial charge on any atom is -0.341 e. The molecule has 1 aromatic rings. The Morgan fingerprint density at radius 1 is 1.42 bits per heavy atom. The summed E-state index contributed by atoms with van der Waals surface area (Å²) in [5.41, 5.74) is -0.552. The van der Waals surface area contributed by atoms with E-state index in [1.165, 1.54) is 11.0 Å². The molecule has 4 nitrogen and oxygen atoms in total. The molecule has 0 unspecified atom stereocenters. The fourth-order valence-corrected chi connectivity index (χ4v) is 2.40. The Labute approximate surface area is 119 Å². The molecule has 0 radical (unpaired) electrons. The maximum Gasteiger partial charge on any atom is 0.248 e. The first kappa shape index (κ1) is 14.0. The zero-order valence-corrected chi connectivity index (χ0v) is 12.3. The van der Waals surface area contributed by atoms with Crippen LogP contribution < -0.4 is 5.32 Å². The van der Waals surface area contributed by atoms with Gasteiger partial charge < -0.3 is 10.2 Å². The summed E-state index contributed by atoms with van der Waals surface area (Å²) < 4.78 is 14.4. The number of carbonyl (C=O) groups is 2. The van der Waals surface area contributed by atoms with E-state index in [9.17, 15) is 14.0 Å². The van der Waals surface area contributed by atoms with Gasteiger partial charge in [0, 0.05) is 16.6 Å². The Balaban J connectivity index is 2.22. The average molecular weight is 329 g/mol. The van der Waals surface area contributed by atoms with Crippen LogP contribution in [0.3, 0.4) is 0 Å². The van der Waals surface area contributed by atoms with Gasteiger partial charge in [-0.1, -0.05) is 22.0 Å². The fraction of sp³-hybridized carbons (Fsp3) is 0.385. The highest BCUT2D eigenvalue weighted by atomic mass is 79.9. The Kier molecular flexibility index (Phi) is 3.62. The van der Waals surface area contributed by atoms with Gasteiger partial charge in [0.05, 0.1) is 6.54 Å². The molecule has 19 heavy (non-hydrogen) atoms. The van der Waals surface area contributed by atoms with E-state index in [1.807, 2.05) is 0 Å². The third-order valence-corrected chi connectivity index (χ3v) is 3.48. The molecule has 0 aliphatic carbocycles. The first-order chi connectivity index (χ1) is 8.79. The van der Waals surface area contributed by atoms with Crippen molar-refractivity contribution in [3.8, 4) is 0 Å². The van der Waals surface area contributed by atoms with Gasteiger partial charge in [-0.05, 0) is 26.0 Å². The van der Waals surface area contributed by atoms with Gasteiger partial charge in [0.15, 0.2) is 0 Å². The molecule has 1 heterocycles. The highest BCUT2D eigenvalue weighted by Crippen LogP contribution is 2.20. The van der Waals surface area contributed by atoms with Crippen LogP contribution in [0, 0.1) is 5.82 Å². The number of rotatable bonds is 2. The lowest BCUT2D eigenvalue weighted by molar-refractivity contribution is -0.149. The van der Waals surface area contributed by atoms with Crippen molar-refractivity contribution in [3.63, 3.8) is 0 Å². The van der Waals surface area contributed by atoms with Gasteiger partial charge in [0.2, 0.25) is 11.8 Å². The number of hydrogen-bond acceptors (Lipinski definition) is 2. The van der Waals surface area contributed by atoms with Crippen LogP contribution >= 0.6 is 15.9 Å². The number of nitrogens with zero attached hydrogens (tertiary/aromatic N) is 1. The Hall–Kier alpha value is -1.43. The summed E-state index contributed by atoms with van der Waals surface area (Å²) in [6.07, 6.45) is 0. The molecule has 1 N–H and O–H groups in total. The zero-order chi connectivity index (χ0) is 14.2. The number of amides is 2. The molecule has 0 saturated carbocycles. The van der Waals surface area contributed by atoms with Gasteiger partial charge in [-0.3, -0.25) is 9.59 Å². The van der Waals surface area contributed by atoms with E-state index >= 15 is 0 Å². The first-order valence-corrected chi connectivity index (χ1v) is 6.63. The molecule has 1 aromatic carbocycles. The van der Waals surface area contributed by atoms with E-state index in [0.29, 0.717) is 10.0 Å². The van der Waals surface area contributed by atoms with E-state index in [4.69, 9.17) is 0 Å². The number of benzene rings is 1. The molecule has 2 rings (SSSR count). The zero-order valence-electron chi connectivity index (χ0n) is 10.7. The van der Waals surface area contributed by atoms with E-state index in [-0.39, 0.29) is 24.9 Å². The molecule has 1 saturated heterocycles. The SMILES string of the molecule is CC1(C)NC(=O)CN(Cc2ccc(Br)cc2F)C1=O. The smallest absolute Gasteiger partial charge is 0.248 e. The van der Waals surface area contributed by atoms with Gasteiger partial charge in [-0.25, -0.2) is 4.39 Å². The third-order valence-electron chi connectivity index (χ3n) is 2.98. The van der Waals surface area contributed by atoms with Crippen molar-refractivity contribution < 1.29 is 14.0 Å². The molecule has 2 amide bonds. The maximum absolute atomic E-state index is 13.8. The molecule has 102 valence electrons. The summed E-state index contributed by atoms with van der Waals surface area (Å²) in [5, 5.41) is 2.61. The van der Waals surface area contributed by atoms with Crippen LogP contribution in [0.5, 0.6) is 0 Å². The van der Waals surface area contributed by atoms with E-state index in [0.717, 1.165) is 0 Å². The van der Waals surface area contributed by atoms with E-state index in [1.54, 1.807) is 26.0 Å². The van der Waals surface area contributed by atoms with Crippen molar-refractivity contribution in [2.24, 2.45) is 0 Å². The summed E-state index contributed by atoms with van der Waals surface area (Å²) in [7, 11) is 0. The minimum absolute atomic E-state index is 0.0439.